The van der Waals surface area contributed by atoms with Crippen LogP contribution >= 0.6 is 53.7 Å². The van der Waals surface area contributed by atoms with Gasteiger partial charge in [-0.25, -0.2) is 0 Å². The highest BCUT2D eigenvalue weighted by Gasteiger charge is 2.47. The third kappa shape index (κ3) is 4.58. The smallest absolute Gasteiger partial charge is 0.144 e. The second-order valence-corrected chi connectivity index (χ2v) is 11.7. The average Bonchev–Trinajstić information content (AvgIpc) is 2.73. The van der Waals surface area contributed by atoms with Crippen molar-refractivity contribution in [2.24, 2.45) is 0 Å². The molecule has 6 heteroatoms. The quantitative estimate of drug-likeness (QED) is 0.334. The molecule has 0 fully saturated rings. The highest BCUT2D eigenvalue weighted by atomic mass is 79.9. The van der Waals surface area contributed by atoms with E-state index in [0.29, 0.717) is 20.1 Å². The Morgan fingerprint density at radius 2 is 0.500 bits per heavy atom. The summed E-state index contributed by atoms with van der Waals surface area (Å²) in [6, 6.07) is 32.3. The molecule has 4 aromatic carbocycles. The second kappa shape index (κ2) is 10.0. The fourth-order valence-corrected chi connectivity index (χ4v) is 8.23. The van der Waals surface area contributed by atoms with Gasteiger partial charge in [0.05, 0.1) is 0 Å². The number of halogens is 5. The summed E-state index contributed by atoms with van der Waals surface area (Å²) in [5.41, 5.74) is 0. The number of hydrogen-bond acceptors (Lipinski definition) is 0. The van der Waals surface area contributed by atoms with Gasteiger partial charge in [-0.3, -0.25) is 0 Å². The molecular formula is C24H16BrCl4P. The number of hydrogen-bond donors (Lipinski definition) is 0. The van der Waals surface area contributed by atoms with Crippen LogP contribution in [0.25, 0.3) is 0 Å². The summed E-state index contributed by atoms with van der Waals surface area (Å²) in [6.07, 6.45) is 0. The van der Waals surface area contributed by atoms with Crippen molar-refractivity contribution in [3.8, 4) is 0 Å². The molecule has 152 valence electrons. The van der Waals surface area contributed by atoms with Crippen LogP contribution in [0, 0.1) is 0 Å². The topological polar surface area (TPSA) is 0 Å². The SMILES string of the molecule is Clc1ccc([P+](c2ccc(Cl)cc2)(c2ccc(Cl)cc2)c2ccc(Cl)cc2)cc1.[Br-]. The highest BCUT2D eigenvalue weighted by Crippen LogP contribution is 2.54. The molecule has 0 bridgehead atoms. The summed E-state index contributed by atoms with van der Waals surface area (Å²) >= 11 is 24.9. The Balaban J connectivity index is 0.00000256. The van der Waals surface area contributed by atoms with Crippen molar-refractivity contribution < 1.29 is 17.0 Å². The Labute approximate surface area is 207 Å². The molecule has 0 saturated heterocycles. The van der Waals surface area contributed by atoms with Crippen LogP contribution in [-0.2, 0) is 0 Å². The maximum Gasteiger partial charge on any atom is 0.144 e. The summed E-state index contributed by atoms with van der Waals surface area (Å²) in [5, 5.41) is 7.57. The van der Waals surface area contributed by atoms with Crippen molar-refractivity contribution in [1.82, 2.24) is 0 Å². The van der Waals surface area contributed by atoms with Crippen LogP contribution in [0.3, 0.4) is 0 Å². The third-order valence-corrected chi connectivity index (χ3v) is 10.2. The average molecular weight is 557 g/mol. The van der Waals surface area contributed by atoms with E-state index in [9.17, 15) is 0 Å². The van der Waals surface area contributed by atoms with Gasteiger partial charge in [0.2, 0.25) is 0 Å². The lowest BCUT2D eigenvalue weighted by Gasteiger charge is -2.27. The van der Waals surface area contributed by atoms with Gasteiger partial charge in [0, 0.05) is 20.1 Å². The molecule has 0 radical (unpaired) electrons. The van der Waals surface area contributed by atoms with Gasteiger partial charge in [-0.05, 0) is 97.1 Å². The Morgan fingerprint density at radius 3 is 0.667 bits per heavy atom. The molecule has 4 aromatic rings. The van der Waals surface area contributed by atoms with Crippen LogP contribution < -0.4 is 38.2 Å². The van der Waals surface area contributed by atoms with Crippen LogP contribution in [-0.4, -0.2) is 0 Å². The molecule has 4 rings (SSSR count). The van der Waals surface area contributed by atoms with Crippen molar-refractivity contribution in [1.29, 1.82) is 0 Å². The zero-order valence-electron chi connectivity index (χ0n) is 15.6. The first-order valence-electron chi connectivity index (χ1n) is 8.94. The van der Waals surface area contributed by atoms with Crippen molar-refractivity contribution in [3.63, 3.8) is 0 Å². The van der Waals surface area contributed by atoms with Crippen LogP contribution in [0.1, 0.15) is 0 Å². The van der Waals surface area contributed by atoms with E-state index in [-0.39, 0.29) is 17.0 Å². The van der Waals surface area contributed by atoms with E-state index in [1.54, 1.807) is 0 Å². The van der Waals surface area contributed by atoms with E-state index < -0.39 is 7.26 Å². The van der Waals surface area contributed by atoms with Gasteiger partial charge in [-0.1, -0.05) is 46.4 Å². The summed E-state index contributed by atoms with van der Waals surface area (Å²) in [4.78, 5) is 0. The van der Waals surface area contributed by atoms with E-state index in [1.165, 1.54) is 21.2 Å². The Kier molecular flexibility index (Phi) is 7.91. The molecule has 0 nitrogen and oxygen atoms in total. The van der Waals surface area contributed by atoms with E-state index in [0.717, 1.165) is 0 Å². The lowest BCUT2D eigenvalue weighted by molar-refractivity contribution is -0.00000517. The number of rotatable bonds is 4. The summed E-state index contributed by atoms with van der Waals surface area (Å²) in [7, 11) is -2.22. The molecule has 0 spiro atoms. The van der Waals surface area contributed by atoms with Crippen LogP contribution in [0.15, 0.2) is 97.1 Å². The first kappa shape index (κ1) is 23.6. The van der Waals surface area contributed by atoms with Gasteiger partial charge in [-0.2, -0.15) is 0 Å². The van der Waals surface area contributed by atoms with Gasteiger partial charge in [0.25, 0.3) is 0 Å². The van der Waals surface area contributed by atoms with Gasteiger partial charge in [0.1, 0.15) is 28.5 Å². The summed E-state index contributed by atoms with van der Waals surface area (Å²) < 4.78 is 0. The summed E-state index contributed by atoms with van der Waals surface area (Å²) in [5.74, 6) is 0. The third-order valence-electron chi connectivity index (χ3n) is 4.86. The normalized spacial score (nSPS) is 11.1. The maximum atomic E-state index is 6.22. The predicted octanol–water partition coefficient (Wildman–Crippen LogP) is 3.92. The second-order valence-electron chi connectivity index (χ2n) is 6.58. The molecule has 0 atom stereocenters. The lowest BCUT2D eigenvalue weighted by Crippen LogP contribution is -3.00. The van der Waals surface area contributed by atoms with Crippen LogP contribution in [0.5, 0.6) is 0 Å². The van der Waals surface area contributed by atoms with Crippen molar-refractivity contribution in [2.45, 2.75) is 0 Å². The van der Waals surface area contributed by atoms with Gasteiger partial charge >= 0.3 is 0 Å². The minimum absolute atomic E-state index is 0. The van der Waals surface area contributed by atoms with E-state index in [2.05, 4.69) is 48.5 Å². The first-order chi connectivity index (χ1) is 14.0. The van der Waals surface area contributed by atoms with E-state index in [4.69, 9.17) is 46.4 Å². The van der Waals surface area contributed by atoms with Gasteiger partial charge < -0.3 is 17.0 Å². The Bertz CT molecular complexity index is 922. The van der Waals surface area contributed by atoms with Gasteiger partial charge in [0.15, 0.2) is 0 Å². The largest absolute Gasteiger partial charge is 1.00 e. The Morgan fingerprint density at radius 1 is 0.333 bits per heavy atom. The zero-order chi connectivity index (χ0) is 20.4. The molecule has 0 heterocycles. The fraction of sp³-hybridized carbons (Fsp3) is 0. The van der Waals surface area contributed by atoms with Crippen molar-refractivity contribution >= 4 is 74.9 Å². The molecule has 0 saturated carbocycles. The summed E-state index contributed by atoms with van der Waals surface area (Å²) in [6.45, 7) is 0. The highest BCUT2D eigenvalue weighted by molar-refractivity contribution is 8.01. The fourth-order valence-electron chi connectivity index (χ4n) is 3.55. The number of benzene rings is 4. The standard InChI is InChI=1S/C24H16Cl4P.BrH/c25-17-1-9-21(10-2-17)29(22-11-3-18(26)4-12-22,23-13-5-19(27)6-14-23)24-15-7-20(28)8-16-24;/h1-16H;1H/q+1;/p-1. The van der Waals surface area contributed by atoms with Crippen LogP contribution in [0.4, 0.5) is 0 Å². The van der Waals surface area contributed by atoms with Crippen LogP contribution in [0.2, 0.25) is 20.1 Å². The van der Waals surface area contributed by atoms with E-state index in [1.807, 2.05) is 48.5 Å². The monoisotopic (exact) mass is 554 g/mol. The predicted molar refractivity (Wildman–Crippen MR) is 131 cm³/mol. The molecule has 0 aromatic heterocycles. The van der Waals surface area contributed by atoms with Gasteiger partial charge in [-0.15, -0.1) is 0 Å². The maximum absolute atomic E-state index is 6.22. The molecule has 0 amide bonds. The molecular weight excluding hydrogens is 541 g/mol. The first-order valence-corrected chi connectivity index (χ1v) is 12.2. The van der Waals surface area contributed by atoms with E-state index >= 15 is 0 Å². The molecule has 0 aliphatic heterocycles. The Hall–Kier alpha value is -1.05. The minimum atomic E-state index is -2.22. The molecule has 0 unspecified atom stereocenters. The van der Waals surface area contributed by atoms with Crippen molar-refractivity contribution in [2.75, 3.05) is 0 Å². The molecule has 0 N–H and O–H groups in total. The molecule has 30 heavy (non-hydrogen) atoms. The molecule has 0 aliphatic carbocycles. The lowest BCUT2D eigenvalue weighted by atomic mass is 10.3. The van der Waals surface area contributed by atoms with Crippen molar-refractivity contribution in [3.05, 3.63) is 117 Å². The zero-order valence-corrected chi connectivity index (χ0v) is 21.1. The minimum Gasteiger partial charge on any atom is -1.00 e. The molecule has 0 aliphatic rings.